The number of rotatable bonds is 11. The smallest absolute Gasteiger partial charge is 0.311 e. The van der Waals surface area contributed by atoms with Crippen LogP contribution in [0.3, 0.4) is 0 Å². The van der Waals surface area contributed by atoms with Crippen LogP contribution in [0.5, 0.6) is 0 Å². The quantitative estimate of drug-likeness (QED) is 0.536. The molecule has 130 valence electrons. The molecule has 0 spiro atoms. The van der Waals surface area contributed by atoms with Crippen LogP contribution in [0, 0.1) is 22.7 Å². The van der Waals surface area contributed by atoms with Crippen molar-refractivity contribution in [2.45, 2.75) is 80.1 Å². The monoisotopic (exact) mass is 314 g/mol. The molecule has 2 atom stereocenters. The van der Waals surface area contributed by atoms with Crippen molar-refractivity contribution in [1.29, 1.82) is 0 Å². The van der Waals surface area contributed by atoms with Gasteiger partial charge in [-0.1, -0.05) is 66.7 Å². The number of carboxylic acid groups (broad SMARTS) is 2. The minimum absolute atomic E-state index is 0.236. The minimum atomic E-state index is -1.28. The molecule has 0 saturated carbocycles. The van der Waals surface area contributed by atoms with Crippen LogP contribution < -0.4 is 0 Å². The van der Waals surface area contributed by atoms with E-state index in [1.165, 1.54) is 0 Å². The number of hydrogen-bond donors (Lipinski definition) is 2. The van der Waals surface area contributed by atoms with Gasteiger partial charge in [0, 0.05) is 0 Å². The van der Waals surface area contributed by atoms with Gasteiger partial charge in [-0.15, -0.1) is 0 Å². The molecule has 0 aliphatic heterocycles. The number of unbranched alkanes of at least 4 members (excludes halogenated alkanes) is 4. The van der Waals surface area contributed by atoms with Crippen molar-refractivity contribution in [3.8, 4) is 0 Å². The standard InChI is InChI=1S/C18H34O4/c1-7-8-9-10-11-12-18(14(4)5,16(21)22)17(6,13(2)3)15(19)20/h13-14H,7-12H2,1-6H3,(H,19,20)(H,21,22). The molecule has 2 unspecified atom stereocenters. The summed E-state index contributed by atoms with van der Waals surface area (Å²) in [5, 5.41) is 19.8. The summed E-state index contributed by atoms with van der Waals surface area (Å²) in [6.45, 7) is 11.0. The van der Waals surface area contributed by atoms with E-state index in [9.17, 15) is 19.8 Å². The summed E-state index contributed by atoms with van der Waals surface area (Å²) in [7, 11) is 0. The Labute approximate surface area is 135 Å². The second-order valence-corrected chi connectivity index (χ2v) is 7.26. The summed E-state index contributed by atoms with van der Waals surface area (Å²) in [6.07, 6.45) is 5.50. The second kappa shape index (κ2) is 8.54. The summed E-state index contributed by atoms with van der Waals surface area (Å²) in [5.74, 6) is -2.47. The van der Waals surface area contributed by atoms with Gasteiger partial charge in [-0.3, -0.25) is 9.59 Å². The Morgan fingerprint density at radius 1 is 0.864 bits per heavy atom. The van der Waals surface area contributed by atoms with E-state index in [1.54, 1.807) is 6.92 Å². The molecule has 0 fully saturated rings. The first-order chi connectivity index (χ1) is 10.1. The molecule has 4 heteroatoms. The van der Waals surface area contributed by atoms with Crippen LogP contribution in [-0.2, 0) is 9.59 Å². The van der Waals surface area contributed by atoms with Crippen LogP contribution >= 0.6 is 0 Å². The molecule has 0 aliphatic rings. The number of carboxylic acids is 2. The van der Waals surface area contributed by atoms with Gasteiger partial charge >= 0.3 is 11.9 Å². The van der Waals surface area contributed by atoms with E-state index in [0.29, 0.717) is 6.42 Å². The highest BCUT2D eigenvalue weighted by Gasteiger charge is 2.61. The van der Waals surface area contributed by atoms with E-state index in [1.807, 2.05) is 27.7 Å². The lowest BCUT2D eigenvalue weighted by Crippen LogP contribution is -2.56. The Hall–Kier alpha value is -1.06. The van der Waals surface area contributed by atoms with Gasteiger partial charge in [0.05, 0.1) is 10.8 Å². The topological polar surface area (TPSA) is 74.6 Å². The van der Waals surface area contributed by atoms with Crippen molar-refractivity contribution < 1.29 is 19.8 Å². The van der Waals surface area contributed by atoms with Crippen LogP contribution in [0.25, 0.3) is 0 Å². The molecule has 2 N–H and O–H groups in total. The van der Waals surface area contributed by atoms with Crippen LogP contribution in [0.1, 0.15) is 80.1 Å². The second-order valence-electron chi connectivity index (χ2n) is 7.26. The molecular weight excluding hydrogens is 280 g/mol. The van der Waals surface area contributed by atoms with Gasteiger partial charge in [-0.25, -0.2) is 0 Å². The Morgan fingerprint density at radius 3 is 1.68 bits per heavy atom. The first-order valence-corrected chi connectivity index (χ1v) is 8.55. The molecule has 0 heterocycles. The summed E-state index contributed by atoms with van der Waals surface area (Å²) in [6, 6.07) is 0. The van der Waals surface area contributed by atoms with E-state index >= 15 is 0 Å². The average Bonchev–Trinajstić information content (AvgIpc) is 2.40. The van der Waals surface area contributed by atoms with Crippen LogP contribution in [0.2, 0.25) is 0 Å². The lowest BCUT2D eigenvalue weighted by molar-refractivity contribution is -0.184. The van der Waals surface area contributed by atoms with Crippen molar-refractivity contribution in [3.05, 3.63) is 0 Å². The van der Waals surface area contributed by atoms with E-state index in [0.717, 1.165) is 32.1 Å². The highest BCUT2D eigenvalue weighted by atomic mass is 16.4. The zero-order valence-electron chi connectivity index (χ0n) is 15.1. The lowest BCUT2D eigenvalue weighted by atomic mass is 9.52. The van der Waals surface area contributed by atoms with Crippen molar-refractivity contribution in [3.63, 3.8) is 0 Å². The van der Waals surface area contributed by atoms with Gasteiger partial charge < -0.3 is 10.2 Å². The lowest BCUT2D eigenvalue weighted by Gasteiger charge is -2.48. The molecule has 0 saturated heterocycles. The van der Waals surface area contributed by atoms with Gasteiger partial charge in [0.15, 0.2) is 0 Å². The van der Waals surface area contributed by atoms with Gasteiger partial charge in [0.25, 0.3) is 0 Å². The van der Waals surface area contributed by atoms with Crippen molar-refractivity contribution in [2.75, 3.05) is 0 Å². The SMILES string of the molecule is CCCCCCCC(C(=O)O)(C(C)C)C(C)(C(=O)O)C(C)C. The fourth-order valence-electron chi connectivity index (χ4n) is 3.68. The largest absolute Gasteiger partial charge is 0.481 e. The molecule has 22 heavy (non-hydrogen) atoms. The van der Waals surface area contributed by atoms with Crippen molar-refractivity contribution in [1.82, 2.24) is 0 Å². The third-order valence-corrected chi connectivity index (χ3v) is 5.57. The normalized spacial score (nSPS) is 17.3. The molecule has 0 amide bonds. The summed E-state index contributed by atoms with van der Waals surface area (Å²) < 4.78 is 0. The Kier molecular flexibility index (Phi) is 8.13. The maximum atomic E-state index is 12.2. The Balaban J connectivity index is 5.59. The molecule has 0 bridgehead atoms. The van der Waals surface area contributed by atoms with E-state index in [2.05, 4.69) is 6.92 Å². The molecular formula is C18H34O4. The predicted molar refractivity (Wildman–Crippen MR) is 88.9 cm³/mol. The molecule has 0 aromatic carbocycles. The third-order valence-electron chi connectivity index (χ3n) is 5.57. The maximum absolute atomic E-state index is 12.2. The first-order valence-electron chi connectivity index (χ1n) is 8.55. The van der Waals surface area contributed by atoms with E-state index in [4.69, 9.17) is 0 Å². The summed E-state index contributed by atoms with van der Waals surface area (Å²) in [5.41, 5.74) is -2.52. The van der Waals surface area contributed by atoms with Crippen molar-refractivity contribution >= 4 is 11.9 Å². The molecule has 0 rings (SSSR count). The molecule has 0 radical (unpaired) electrons. The molecule has 4 nitrogen and oxygen atoms in total. The molecule has 0 aromatic heterocycles. The highest BCUT2D eigenvalue weighted by Crippen LogP contribution is 2.53. The number of carbonyl (C=O) groups is 2. The predicted octanol–water partition coefficient (Wildman–Crippen LogP) is 4.82. The fourth-order valence-corrected chi connectivity index (χ4v) is 3.68. The molecule has 0 aliphatic carbocycles. The van der Waals surface area contributed by atoms with Crippen molar-refractivity contribution in [2.24, 2.45) is 22.7 Å². The van der Waals surface area contributed by atoms with Gasteiger partial charge in [-0.05, 0) is 25.2 Å². The van der Waals surface area contributed by atoms with E-state index in [-0.39, 0.29) is 11.8 Å². The maximum Gasteiger partial charge on any atom is 0.311 e. The number of hydrogen-bond acceptors (Lipinski definition) is 2. The number of aliphatic carboxylic acids is 2. The zero-order valence-corrected chi connectivity index (χ0v) is 15.1. The third kappa shape index (κ3) is 3.82. The molecule has 0 aromatic rings. The highest BCUT2D eigenvalue weighted by molar-refractivity contribution is 5.86. The first kappa shape index (κ1) is 20.9. The Morgan fingerprint density at radius 2 is 1.36 bits per heavy atom. The average molecular weight is 314 g/mol. The van der Waals surface area contributed by atoms with Gasteiger partial charge in [-0.2, -0.15) is 0 Å². The fraction of sp³-hybridized carbons (Fsp3) is 0.889. The minimum Gasteiger partial charge on any atom is -0.481 e. The van der Waals surface area contributed by atoms with Crippen LogP contribution in [-0.4, -0.2) is 22.2 Å². The zero-order chi connectivity index (χ0) is 17.6. The summed E-state index contributed by atoms with van der Waals surface area (Å²) >= 11 is 0. The van der Waals surface area contributed by atoms with Crippen LogP contribution in [0.4, 0.5) is 0 Å². The van der Waals surface area contributed by atoms with Crippen LogP contribution in [0.15, 0.2) is 0 Å². The van der Waals surface area contributed by atoms with Gasteiger partial charge in [0.1, 0.15) is 0 Å². The van der Waals surface area contributed by atoms with E-state index < -0.39 is 22.8 Å². The van der Waals surface area contributed by atoms with Gasteiger partial charge in [0.2, 0.25) is 0 Å². The summed E-state index contributed by atoms with van der Waals surface area (Å²) in [4.78, 5) is 24.2. The Bertz CT molecular complexity index is 375.